The number of aliphatic carboxylic acids is 1. The molecule has 2 fully saturated rings. The molecular formula is C21H29NO5. The standard InChI is InChI=1S/C21H29NO5/c1-26-13-9-10-19(27-2)16(11-13)15-12-17(15)20(23)22-18-8-6-4-3-5-7-14(18)21(24)25/h9-11,14-15,17-18H,3-8,12H2,1-2H3,(H,22,23)(H,24,25). The van der Waals surface area contributed by atoms with Crippen LogP contribution in [-0.2, 0) is 9.59 Å². The van der Waals surface area contributed by atoms with E-state index in [-0.39, 0.29) is 23.8 Å². The van der Waals surface area contributed by atoms with Crippen LogP contribution in [-0.4, -0.2) is 37.2 Å². The Balaban J connectivity index is 1.68. The van der Waals surface area contributed by atoms with Gasteiger partial charge in [0.05, 0.1) is 20.1 Å². The van der Waals surface area contributed by atoms with Crippen molar-refractivity contribution in [3.05, 3.63) is 23.8 Å². The van der Waals surface area contributed by atoms with Gasteiger partial charge in [0.1, 0.15) is 11.5 Å². The van der Waals surface area contributed by atoms with Gasteiger partial charge in [-0.2, -0.15) is 0 Å². The highest BCUT2D eigenvalue weighted by Gasteiger charge is 2.46. The summed E-state index contributed by atoms with van der Waals surface area (Å²) in [6.07, 6.45) is 6.18. The smallest absolute Gasteiger partial charge is 0.308 e. The lowest BCUT2D eigenvalue weighted by Crippen LogP contribution is -2.44. The molecule has 2 N–H and O–H groups in total. The van der Waals surface area contributed by atoms with Crippen LogP contribution in [0.3, 0.4) is 0 Å². The van der Waals surface area contributed by atoms with E-state index in [0.29, 0.717) is 6.42 Å². The SMILES string of the molecule is COc1ccc(OC)c(C2CC2C(=O)NC2CCCCCCC2C(=O)O)c1. The van der Waals surface area contributed by atoms with Crippen LogP contribution >= 0.6 is 0 Å². The van der Waals surface area contributed by atoms with Gasteiger partial charge in [-0.1, -0.05) is 25.7 Å². The number of hydrogen-bond acceptors (Lipinski definition) is 4. The molecule has 0 aromatic heterocycles. The van der Waals surface area contributed by atoms with Crippen molar-refractivity contribution >= 4 is 11.9 Å². The highest BCUT2D eigenvalue weighted by Crippen LogP contribution is 2.51. The van der Waals surface area contributed by atoms with Gasteiger partial charge >= 0.3 is 5.97 Å². The Morgan fingerprint density at radius 2 is 1.78 bits per heavy atom. The van der Waals surface area contributed by atoms with Gasteiger partial charge in [0.25, 0.3) is 0 Å². The largest absolute Gasteiger partial charge is 0.497 e. The van der Waals surface area contributed by atoms with E-state index in [1.807, 2.05) is 18.2 Å². The van der Waals surface area contributed by atoms with Crippen molar-refractivity contribution in [1.29, 1.82) is 0 Å². The summed E-state index contributed by atoms with van der Waals surface area (Å²) >= 11 is 0. The first-order chi connectivity index (χ1) is 13.0. The molecule has 1 aromatic rings. The lowest BCUT2D eigenvalue weighted by molar-refractivity contribution is -0.143. The third-order valence-corrected chi connectivity index (χ3v) is 5.87. The first-order valence-corrected chi connectivity index (χ1v) is 9.80. The van der Waals surface area contributed by atoms with Gasteiger partial charge in [-0.3, -0.25) is 9.59 Å². The summed E-state index contributed by atoms with van der Waals surface area (Å²) in [5.74, 6) is 0.120. The second kappa shape index (κ2) is 8.63. The van der Waals surface area contributed by atoms with Crippen LogP contribution < -0.4 is 14.8 Å². The minimum atomic E-state index is -0.802. The first-order valence-electron chi connectivity index (χ1n) is 9.80. The topological polar surface area (TPSA) is 84.9 Å². The number of benzene rings is 1. The van der Waals surface area contributed by atoms with Crippen LogP contribution in [0, 0.1) is 11.8 Å². The molecule has 0 aliphatic heterocycles. The summed E-state index contributed by atoms with van der Waals surface area (Å²) in [5, 5.41) is 12.6. The molecule has 1 aromatic carbocycles. The van der Waals surface area contributed by atoms with Crippen molar-refractivity contribution in [2.24, 2.45) is 11.8 Å². The van der Waals surface area contributed by atoms with E-state index in [1.54, 1.807) is 14.2 Å². The van der Waals surface area contributed by atoms with Crippen molar-refractivity contribution in [2.75, 3.05) is 14.2 Å². The highest BCUT2D eigenvalue weighted by molar-refractivity contribution is 5.84. The number of hydrogen-bond donors (Lipinski definition) is 2. The van der Waals surface area contributed by atoms with Gasteiger partial charge in [0.2, 0.25) is 5.91 Å². The van der Waals surface area contributed by atoms with Gasteiger partial charge in [-0.15, -0.1) is 0 Å². The predicted octanol–water partition coefficient (Wildman–Crippen LogP) is 3.35. The molecule has 2 aliphatic rings. The predicted molar refractivity (Wildman–Crippen MR) is 101 cm³/mol. The summed E-state index contributed by atoms with van der Waals surface area (Å²) in [5.41, 5.74) is 0.976. The maximum absolute atomic E-state index is 12.8. The molecule has 6 nitrogen and oxygen atoms in total. The van der Waals surface area contributed by atoms with Crippen LogP contribution in [0.15, 0.2) is 18.2 Å². The van der Waals surface area contributed by atoms with E-state index in [0.717, 1.165) is 55.6 Å². The molecule has 0 radical (unpaired) electrons. The molecule has 0 heterocycles. The highest BCUT2D eigenvalue weighted by atomic mass is 16.5. The zero-order valence-electron chi connectivity index (χ0n) is 16.1. The van der Waals surface area contributed by atoms with E-state index < -0.39 is 11.9 Å². The molecule has 2 aliphatic carbocycles. The summed E-state index contributed by atoms with van der Waals surface area (Å²) in [6, 6.07) is 5.35. The molecule has 2 saturated carbocycles. The fourth-order valence-corrected chi connectivity index (χ4v) is 4.20. The Kier molecular flexibility index (Phi) is 6.24. The van der Waals surface area contributed by atoms with Gasteiger partial charge in [-0.05, 0) is 37.5 Å². The normalized spacial score (nSPS) is 27.8. The Labute approximate surface area is 160 Å². The minimum Gasteiger partial charge on any atom is -0.497 e. The van der Waals surface area contributed by atoms with Gasteiger partial charge < -0.3 is 19.9 Å². The molecular weight excluding hydrogens is 346 g/mol. The Morgan fingerprint density at radius 3 is 2.44 bits per heavy atom. The lowest BCUT2D eigenvalue weighted by atomic mass is 9.86. The number of carboxylic acid groups (broad SMARTS) is 1. The Bertz CT molecular complexity index is 689. The number of methoxy groups -OCH3 is 2. The Morgan fingerprint density at radius 1 is 1.04 bits per heavy atom. The van der Waals surface area contributed by atoms with Crippen molar-refractivity contribution in [2.45, 2.75) is 56.9 Å². The van der Waals surface area contributed by atoms with Crippen LogP contribution in [0.2, 0.25) is 0 Å². The molecule has 0 saturated heterocycles. The number of carbonyl (C=O) groups is 2. The first kappa shape index (κ1) is 19.5. The molecule has 4 atom stereocenters. The molecule has 4 unspecified atom stereocenters. The van der Waals surface area contributed by atoms with E-state index >= 15 is 0 Å². The summed E-state index contributed by atoms with van der Waals surface area (Å²) in [7, 11) is 3.23. The van der Waals surface area contributed by atoms with Crippen molar-refractivity contribution < 1.29 is 24.2 Å². The van der Waals surface area contributed by atoms with E-state index in [2.05, 4.69) is 5.32 Å². The number of rotatable bonds is 6. The summed E-state index contributed by atoms with van der Waals surface area (Å²) in [6.45, 7) is 0. The Hall–Kier alpha value is -2.24. The van der Waals surface area contributed by atoms with Gasteiger partial charge in [0.15, 0.2) is 0 Å². The van der Waals surface area contributed by atoms with Crippen LogP contribution in [0.5, 0.6) is 11.5 Å². The summed E-state index contributed by atoms with van der Waals surface area (Å²) in [4.78, 5) is 24.5. The molecule has 1 amide bonds. The molecule has 0 spiro atoms. The summed E-state index contributed by atoms with van der Waals surface area (Å²) < 4.78 is 10.7. The number of carbonyl (C=O) groups excluding carboxylic acids is 1. The maximum Gasteiger partial charge on any atom is 0.308 e. The average molecular weight is 375 g/mol. The molecule has 148 valence electrons. The number of ether oxygens (including phenoxy) is 2. The third-order valence-electron chi connectivity index (χ3n) is 5.87. The quantitative estimate of drug-likeness (QED) is 0.796. The van der Waals surface area contributed by atoms with Gasteiger partial charge in [-0.25, -0.2) is 0 Å². The van der Waals surface area contributed by atoms with Gasteiger partial charge in [0, 0.05) is 23.4 Å². The molecule has 27 heavy (non-hydrogen) atoms. The number of nitrogens with one attached hydrogen (secondary N) is 1. The second-order valence-corrected chi connectivity index (χ2v) is 7.61. The minimum absolute atomic E-state index is 0.0401. The van der Waals surface area contributed by atoms with Crippen LogP contribution in [0.1, 0.15) is 56.4 Å². The fraction of sp³-hybridized carbons (Fsp3) is 0.619. The lowest BCUT2D eigenvalue weighted by Gasteiger charge is -2.27. The van der Waals surface area contributed by atoms with E-state index in [9.17, 15) is 14.7 Å². The zero-order chi connectivity index (χ0) is 19.4. The third kappa shape index (κ3) is 4.54. The zero-order valence-corrected chi connectivity index (χ0v) is 16.1. The van der Waals surface area contributed by atoms with Crippen LogP contribution in [0.4, 0.5) is 0 Å². The molecule has 3 rings (SSSR count). The van der Waals surface area contributed by atoms with Crippen molar-refractivity contribution in [3.63, 3.8) is 0 Å². The van der Waals surface area contributed by atoms with E-state index in [1.165, 1.54) is 0 Å². The molecule has 6 heteroatoms. The van der Waals surface area contributed by atoms with Crippen molar-refractivity contribution in [3.8, 4) is 11.5 Å². The van der Waals surface area contributed by atoms with E-state index in [4.69, 9.17) is 9.47 Å². The second-order valence-electron chi connectivity index (χ2n) is 7.61. The molecule has 0 bridgehead atoms. The number of carboxylic acids is 1. The fourth-order valence-electron chi connectivity index (χ4n) is 4.20. The number of amides is 1. The van der Waals surface area contributed by atoms with Crippen LogP contribution in [0.25, 0.3) is 0 Å². The maximum atomic E-state index is 12.8. The van der Waals surface area contributed by atoms with Crippen molar-refractivity contribution in [1.82, 2.24) is 5.32 Å². The average Bonchev–Trinajstić information content (AvgIpc) is 3.43. The monoisotopic (exact) mass is 375 g/mol.